The van der Waals surface area contributed by atoms with E-state index in [9.17, 15) is 14.7 Å². The summed E-state index contributed by atoms with van der Waals surface area (Å²) in [5.41, 5.74) is 3.47. The van der Waals surface area contributed by atoms with Crippen LogP contribution in [0.5, 0.6) is 0 Å². The third-order valence-corrected chi connectivity index (χ3v) is 5.94. The molecule has 3 heterocycles. The standard InChI is InChI=1S/C24H23N5O3/c1-15-9-11-16(12-10-15)18-13-29-20-21(26(2)24(32)27(3)22(20)31)25-23(29)28(18)14-19(30)17-7-5-4-6-8-17/h4-13,19,30H,14H2,1-3H3. The number of hydrogen-bond acceptors (Lipinski definition) is 4. The van der Waals surface area contributed by atoms with Crippen LogP contribution < -0.4 is 11.2 Å². The lowest BCUT2D eigenvalue weighted by molar-refractivity contribution is 0.158. The zero-order valence-electron chi connectivity index (χ0n) is 18.1. The van der Waals surface area contributed by atoms with Crippen molar-refractivity contribution in [3.8, 4) is 11.3 Å². The number of aromatic nitrogens is 5. The number of benzene rings is 2. The molecule has 0 bridgehead atoms. The molecule has 2 aromatic carbocycles. The number of fused-ring (bicyclic) bond motifs is 3. The zero-order chi connectivity index (χ0) is 22.6. The third kappa shape index (κ3) is 2.99. The number of hydrogen-bond donors (Lipinski definition) is 1. The molecule has 3 aromatic heterocycles. The van der Waals surface area contributed by atoms with Crippen molar-refractivity contribution < 1.29 is 5.11 Å². The van der Waals surface area contributed by atoms with Gasteiger partial charge in [0, 0.05) is 20.3 Å². The molecule has 0 radical (unpaired) electrons. The van der Waals surface area contributed by atoms with Crippen LogP contribution in [0.2, 0.25) is 0 Å². The van der Waals surface area contributed by atoms with Crippen LogP contribution in [-0.4, -0.2) is 28.2 Å². The van der Waals surface area contributed by atoms with Gasteiger partial charge in [-0.2, -0.15) is 4.98 Å². The number of nitrogens with zero attached hydrogens (tertiary/aromatic N) is 5. The van der Waals surface area contributed by atoms with Gasteiger partial charge in [-0.15, -0.1) is 0 Å². The Balaban J connectivity index is 1.80. The number of imidazole rings is 2. The van der Waals surface area contributed by atoms with E-state index < -0.39 is 17.4 Å². The summed E-state index contributed by atoms with van der Waals surface area (Å²) < 4.78 is 6.06. The number of rotatable bonds is 4. The van der Waals surface area contributed by atoms with Gasteiger partial charge in [-0.3, -0.25) is 18.3 Å². The summed E-state index contributed by atoms with van der Waals surface area (Å²) in [6, 6.07) is 17.5. The smallest absolute Gasteiger partial charge is 0.332 e. The Bertz CT molecular complexity index is 1570. The maximum absolute atomic E-state index is 13.0. The van der Waals surface area contributed by atoms with Crippen LogP contribution in [0.1, 0.15) is 17.2 Å². The van der Waals surface area contributed by atoms with Gasteiger partial charge in [0.15, 0.2) is 11.2 Å². The minimum absolute atomic E-state index is 0.237. The molecule has 1 N–H and O–H groups in total. The molecule has 0 aliphatic rings. The highest BCUT2D eigenvalue weighted by atomic mass is 16.3. The van der Waals surface area contributed by atoms with Gasteiger partial charge in [0.1, 0.15) is 0 Å². The fourth-order valence-electron chi connectivity index (χ4n) is 4.10. The van der Waals surface area contributed by atoms with Gasteiger partial charge in [-0.25, -0.2) is 4.79 Å². The Labute approximate surface area is 183 Å². The lowest BCUT2D eigenvalue weighted by Crippen LogP contribution is -2.37. The summed E-state index contributed by atoms with van der Waals surface area (Å²) in [6.07, 6.45) is 1.07. The highest BCUT2D eigenvalue weighted by Crippen LogP contribution is 2.28. The maximum Gasteiger partial charge on any atom is 0.332 e. The van der Waals surface area contributed by atoms with E-state index in [0.717, 1.165) is 27.0 Å². The Hall–Kier alpha value is -3.91. The van der Waals surface area contributed by atoms with E-state index in [1.165, 1.54) is 11.6 Å². The Morgan fingerprint density at radius 1 is 0.969 bits per heavy atom. The monoisotopic (exact) mass is 429 g/mol. The van der Waals surface area contributed by atoms with Gasteiger partial charge < -0.3 is 9.67 Å². The molecule has 5 rings (SSSR count). The molecule has 162 valence electrons. The number of aliphatic hydroxyl groups is 1. The minimum Gasteiger partial charge on any atom is -0.387 e. The Morgan fingerprint density at radius 3 is 2.34 bits per heavy atom. The first-order valence-corrected chi connectivity index (χ1v) is 10.3. The van der Waals surface area contributed by atoms with E-state index in [-0.39, 0.29) is 6.54 Å². The van der Waals surface area contributed by atoms with E-state index in [1.54, 1.807) is 11.4 Å². The summed E-state index contributed by atoms with van der Waals surface area (Å²) in [4.78, 5) is 30.0. The summed E-state index contributed by atoms with van der Waals surface area (Å²) in [7, 11) is 3.06. The van der Waals surface area contributed by atoms with Gasteiger partial charge >= 0.3 is 5.69 Å². The summed E-state index contributed by atoms with van der Waals surface area (Å²) in [5, 5.41) is 11.0. The molecule has 1 atom stereocenters. The van der Waals surface area contributed by atoms with Crippen LogP contribution in [0.4, 0.5) is 0 Å². The molecule has 0 saturated heterocycles. The number of aryl methyl sites for hydroxylation is 2. The van der Waals surface area contributed by atoms with E-state index in [2.05, 4.69) is 4.98 Å². The quantitative estimate of drug-likeness (QED) is 0.475. The second kappa shape index (κ2) is 7.35. The van der Waals surface area contributed by atoms with Crippen LogP contribution in [0.3, 0.4) is 0 Å². The normalized spacial score (nSPS) is 12.6. The first-order valence-electron chi connectivity index (χ1n) is 10.3. The van der Waals surface area contributed by atoms with Crippen molar-refractivity contribution in [1.29, 1.82) is 0 Å². The van der Waals surface area contributed by atoms with Crippen molar-refractivity contribution in [2.75, 3.05) is 0 Å². The first-order chi connectivity index (χ1) is 15.4. The fourth-order valence-corrected chi connectivity index (χ4v) is 4.10. The molecule has 8 heteroatoms. The fraction of sp³-hybridized carbons (Fsp3) is 0.208. The molecule has 8 nitrogen and oxygen atoms in total. The molecule has 32 heavy (non-hydrogen) atoms. The average Bonchev–Trinajstić information content (AvgIpc) is 3.34. The maximum atomic E-state index is 13.0. The zero-order valence-corrected chi connectivity index (χ0v) is 18.1. The van der Waals surface area contributed by atoms with Crippen molar-refractivity contribution in [3.05, 3.63) is 92.8 Å². The van der Waals surface area contributed by atoms with E-state index in [0.29, 0.717) is 16.9 Å². The molecule has 1 unspecified atom stereocenters. The molecular formula is C24H23N5O3. The molecule has 5 aromatic rings. The predicted molar refractivity (Wildman–Crippen MR) is 123 cm³/mol. The highest BCUT2D eigenvalue weighted by molar-refractivity contribution is 5.78. The van der Waals surface area contributed by atoms with E-state index >= 15 is 0 Å². The highest BCUT2D eigenvalue weighted by Gasteiger charge is 2.22. The van der Waals surface area contributed by atoms with Crippen LogP contribution in [0.25, 0.3) is 28.2 Å². The van der Waals surface area contributed by atoms with Crippen molar-refractivity contribution in [1.82, 2.24) is 23.1 Å². The van der Waals surface area contributed by atoms with Crippen LogP contribution in [0.15, 0.2) is 70.4 Å². The van der Waals surface area contributed by atoms with E-state index in [1.807, 2.05) is 72.3 Å². The van der Waals surface area contributed by atoms with Gasteiger partial charge in [-0.05, 0) is 18.1 Å². The predicted octanol–water partition coefficient (Wildman–Crippen LogP) is 2.40. The van der Waals surface area contributed by atoms with Gasteiger partial charge in [0.25, 0.3) is 5.56 Å². The second-order valence-corrected chi connectivity index (χ2v) is 8.08. The van der Waals surface area contributed by atoms with E-state index in [4.69, 9.17) is 0 Å². The van der Waals surface area contributed by atoms with Crippen molar-refractivity contribution in [3.63, 3.8) is 0 Å². The molecule has 0 aliphatic carbocycles. The largest absolute Gasteiger partial charge is 0.387 e. The van der Waals surface area contributed by atoms with Gasteiger partial charge in [0.05, 0.1) is 18.3 Å². The molecule has 0 aliphatic heterocycles. The molecular weight excluding hydrogens is 406 g/mol. The molecule has 0 fully saturated rings. The van der Waals surface area contributed by atoms with Crippen molar-refractivity contribution in [2.24, 2.45) is 14.1 Å². The SMILES string of the molecule is Cc1ccc(-c2cn3c4c(=O)n(C)c(=O)n(C)c4nc3n2CC(O)c2ccccc2)cc1. The van der Waals surface area contributed by atoms with Crippen molar-refractivity contribution in [2.45, 2.75) is 19.6 Å². The van der Waals surface area contributed by atoms with Gasteiger partial charge in [-0.1, -0.05) is 60.2 Å². The third-order valence-electron chi connectivity index (χ3n) is 5.94. The Kier molecular flexibility index (Phi) is 4.60. The number of aliphatic hydroxyl groups excluding tert-OH is 1. The average molecular weight is 429 g/mol. The molecule has 0 spiro atoms. The van der Waals surface area contributed by atoms with Crippen LogP contribution >= 0.6 is 0 Å². The second-order valence-electron chi connectivity index (χ2n) is 8.08. The van der Waals surface area contributed by atoms with Gasteiger partial charge in [0.2, 0.25) is 5.78 Å². The lowest BCUT2D eigenvalue weighted by Gasteiger charge is -2.15. The Morgan fingerprint density at radius 2 is 1.66 bits per heavy atom. The first kappa shape index (κ1) is 20.0. The summed E-state index contributed by atoms with van der Waals surface area (Å²) in [6.45, 7) is 2.26. The van der Waals surface area contributed by atoms with Crippen LogP contribution in [0, 0.1) is 6.92 Å². The molecule has 0 saturated carbocycles. The molecule has 0 amide bonds. The minimum atomic E-state index is -0.775. The summed E-state index contributed by atoms with van der Waals surface area (Å²) >= 11 is 0. The van der Waals surface area contributed by atoms with Crippen LogP contribution in [-0.2, 0) is 20.6 Å². The lowest BCUT2D eigenvalue weighted by atomic mass is 10.1. The topological polar surface area (TPSA) is 86.5 Å². The van der Waals surface area contributed by atoms with Crippen molar-refractivity contribution >= 4 is 16.9 Å². The summed E-state index contributed by atoms with van der Waals surface area (Å²) in [5.74, 6) is 0.490.